The smallest absolute Gasteiger partial charge is 0.270 e. The molecule has 8 heteroatoms. The van der Waals surface area contributed by atoms with Gasteiger partial charge in [-0.25, -0.2) is 4.68 Å². The number of nitrogens with two attached hydrogens (primary N) is 1. The van der Waals surface area contributed by atoms with Gasteiger partial charge in [0.1, 0.15) is 0 Å². The van der Waals surface area contributed by atoms with E-state index in [-0.39, 0.29) is 17.9 Å². The number of hydrogen-bond donors (Lipinski definition) is 2. The van der Waals surface area contributed by atoms with E-state index in [0.717, 1.165) is 16.7 Å². The van der Waals surface area contributed by atoms with Crippen molar-refractivity contribution in [1.82, 2.24) is 15.1 Å². The molecule has 2 aromatic carbocycles. The molecule has 0 unspecified atom stereocenters. The van der Waals surface area contributed by atoms with Crippen molar-refractivity contribution in [3.8, 4) is 0 Å². The second kappa shape index (κ2) is 10.6. The van der Waals surface area contributed by atoms with Gasteiger partial charge in [0.25, 0.3) is 5.56 Å². The number of halogens is 2. The van der Waals surface area contributed by atoms with Crippen LogP contribution < -0.4 is 16.6 Å². The van der Waals surface area contributed by atoms with Gasteiger partial charge in [-0.05, 0) is 59.9 Å². The van der Waals surface area contributed by atoms with Gasteiger partial charge in [-0.1, -0.05) is 41.4 Å². The van der Waals surface area contributed by atoms with E-state index < -0.39 is 0 Å². The second-order valence-corrected chi connectivity index (χ2v) is 8.15. The largest absolute Gasteiger partial charge is 0.352 e. The van der Waals surface area contributed by atoms with Crippen molar-refractivity contribution in [2.24, 2.45) is 5.73 Å². The molecule has 31 heavy (non-hydrogen) atoms. The predicted molar refractivity (Wildman–Crippen MR) is 123 cm³/mol. The average molecular weight is 459 g/mol. The molecule has 0 aliphatic heterocycles. The minimum atomic E-state index is -0.255. The van der Waals surface area contributed by atoms with Gasteiger partial charge in [-0.15, -0.1) is 0 Å². The Morgan fingerprint density at radius 2 is 1.81 bits per heavy atom. The Balaban J connectivity index is 1.67. The number of aryl methyl sites for hydroxylation is 3. The minimum Gasteiger partial charge on any atom is -0.352 e. The molecule has 3 N–H and O–H groups in total. The Hall–Kier alpha value is -2.67. The molecule has 0 fully saturated rings. The number of rotatable bonds is 8. The normalized spacial score (nSPS) is 10.8. The first-order chi connectivity index (χ1) is 14.9. The maximum Gasteiger partial charge on any atom is 0.270 e. The molecule has 3 aromatic rings. The summed E-state index contributed by atoms with van der Waals surface area (Å²) in [5, 5.41) is 8.32. The lowest BCUT2D eigenvalue weighted by Gasteiger charge is -2.12. The van der Waals surface area contributed by atoms with Gasteiger partial charge in [0.2, 0.25) is 5.91 Å². The third kappa shape index (κ3) is 6.17. The van der Waals surface area contributed by atoms with Crippen molar-refractivity contribution in [2.45, 2.75) is 39.4 Å². The van der Waals surface area contributed by atoms with Crippen LogP contribution in [0.1, 0.15) is 27.8 Å². The fourth-order valence-corrected chi connectivity index (χ4v) is 3.57. The minimum absolute atomic E-state index is 0.0212. The quantitative estimate of drug-likeness (QED) is 0.540. The Labute approximate surface area is 191 Å². The molecule has 0 atom stereocenters. The van der Waals surface area contributed by atoms with Crippen molar-refractivity contribution in [2.75, 3.05) is 0 Å². The van der Waals surface area contributed by atoms with Crippen molar-refractivity contribution < 1.29 is 4.79 Å². The standard InChI is InChI=1S/C23H24Cl2N4O2/c1-15-13-28-29(9-8-16-2-5-19(24)6-3-16)23(31)21(15)11-22(30)27-14-18-10-20(25)7-4-17(18)12-26/h2-7,10,13H,8-9,11-12,14,26H2,1H3,(H,27,30). The maximum absolute atomic E-state index is 12.9. The zero-order valence-corrected chi connectivity index (χ0v) is 18.7. The first-order valence-corrected chi connectivity index (χ1v) is 10.7. The highest BCUT2D eigenvalue weighted by atomic mass is 35.5. The second-order valence-electron chi connectivity index (χ2n) is 7.28. The Bertz CT molecular complexity index is 1130. The number of carbonyl (C=O) groups is 1. The fourth-order valence-electron chi connectivity index (χ4n) is 3.25. The van der Waals surface area contributed by atoms with E-state index in [1.807, 2.05) is 30.3 Å². The summed E-state index contributed by atoms with van der Waals surface area (Å²) < 4.78 is 1.40. The highest BCUT2D eigenvalue weighted by Crippen LogP contribution is 2.16. The van der Waals surface area contributed by atoms with Crippen LogP contribution in [0.4, 0.5) is 0 Å². The third-order valence-corrected chi connectivity index (χ3v) is 5.57. The van der Waals surface area contributed by atoms with Gasteiger partial charge >= 0.3 is 0 Å². The molecular weight excluding hydrogens is 435 g/mol. The van der Waals surface area contributed by atoms with Crippen LogP contribution in [0.2, 0.25) is 10.0 Å². The van der Waals surface area contributed by atoms with E-state index in [1.54, 1.807) is 25.3 Å². The van der Waals surface area contributed by atoms with Crippen LogP contribution >= 0.6 is 23.2 Å². The van der Waals surface area contributed by atoms with Crippen LogP contribution in [0, 0.1) is 6.92 Å². The van der Waals surface area contributed by atoms with E-state index in [1.165, 1.54) is 4.68 Å². The lowest BCUT2D eigenvalue weighted by atomic mass is 10.1. The van der Waals surface area contributed by atoms with Crippen LogP contribution in [0.3, 0.4) is 0 Å². The maximum atomic E-state index is 12.9. The van der Waals surface area contributed by atoms with E-state index >= 15 is 0 Å². The average Bonchev–Trinajstić information content (AvgIpc) is 2.76. The fraction of sp³-hybridized carbons (Fsp3) is 0.261. The lowest BCUT2D eigenvalue weighted by Crippen LogP contribution is -2.32. The summed E-state index contributed by atoms with van der Waals surface area (Å²) in [5.74, 6) is -0.251. The molecule has 0 aliphatic rings. The molecule has 0 saturated carbocycles. The Morgan fingerprint density at radius 3 is 2.52 bits per heavy atom. The first kappa shape index (κ1) is 23.0. The summed E-state index contributed by atoms with van der Waals surface area (Å²) in [7, 11) is 0. The van der Waals surface area contributed by atoms with Crippen LogP contribution in [-0.2, 0) is 37.3 Å². The first-order valence-electron chi connectivity index (χ1n) is 9.91. The van der Waals surface area contributed by atoms with E-state index in [9.17, 15) is 9.59 Å². The Morgan fingerprint density at radius 1 is 1.10 bits per heavy atom. The van der Waals surface area contributed by atoms with Crippen molar-refractivity contribution >= 4 is 29.1 Å². The van der Waals surface area contributed by atoms with Gasteiger partial charge in [-0.3, -0.25) is 9.59 Å². The molecule has 0 aliphatic carbocycles. The van der Waals surface area contributed by atoms with Gasteiger partial charge < -0.3 is 11.1 Å². The summed E-state index contributed by atoms with van der Waals surface area (Å²) in [6, 6.07) is 12.9. The number of carbonyl (C=O) groups excluding carboxylic acids is 1. The van der Waals surface area contributed by atoms with Gasteiger partial charge in [-0.2, -0.15) is 5.10 Å². The number of amides is 1. The number of hydrogen-bond acceptors (Lipinski definition) is 4. The molecule has 0 radical (unpaired) electrons. The molecule has 6 nitrogen and oxygen atoms in total. The molecule has 0 bridgehead atoms. The molecule has 3 rings (SSSR count). The highest BCUT2D eigenvalue weighted by molar-refractivity contribution is 6.30. The summed E-state index contributed by atoms with van der Waals surface area (Å²) in [6.45, 7) is 2.84. The molecule has 162 valence electrons. The molecule has 1 amide bonds. The number of nitrogens with zero attached hydrogens (tertiary/aromatic N) is 2. The van der Waals surface area contributed by atoms with Crippen molar-refractivity contribution in [3.63, 3.8) is 0 Å². The summed E-state index contributed by atoms with van der Waals surface area (Å²) in [6.07, 6.45) is 2.23. The Kier molecular flexibility index (Phi) is 7.85. The molecule has 0 saturated heterocycles. The zero-order valence-electron chi connectivity index (χ0n) is 17.2. The topological polar surface area (TPSA) is 90.0 Å². The molecule has 0 spiro atoms. The van der Waals surface area contributed by atoms with E-state index in [0.29, 0.717) is 47.2 Å². The summed E-state index contributed by atoms with van der Waals surface area (Å²) >= 11 is 12.0. The summed E-state index contributed by atoms with van der Waals surface area (Å²) in [4.78, 5) is 25.4. The monoisotopic (exact) mass is 458 g/mol. The number of aromatic nitrogens is 2. The van der Waals surface area contributed by atoms with Gasteiger partial charge in [0.15, 0.2) is 0 Å². The lowest BCUT2D eigenvalue weighted by molar-refractivity contribution is -0.120. The number of nitrogens with one attached hydrogen (secondary N) is 1. The van der Waals surface area contributed by atoms with Crippen LogP contribution in [0.15, 0.2) is 53.5 Å². The molecular formula is C23H24Cl2N4O2. The molecule has 1 aromatic heterocycles. The highest BCUT2D eigenvalue weighted by Gasteiger charge is 2.14. The van der Waals surface area contributed by atoms with Crippen molar-refractivity contribution in [3.05, 3.63) is 96.9 Å². The predicted octanol–water partition coefficient (Wildman–Crippen LogP) is 3.42. The van der Waals surface area contributed by atoms with Crippen LogP contribution in [0.5, 0.6) is 0 Å². The molecule has 1 heterocycles. The van der Waals surface area contributed by atoms with E-state index in [4.69, 9.17) is 28.9 Å². The van der Waals surface area contributed by atoms with Crippen LogP contribution in [-0.4, -0.2) is 15.7 Å². The third-order valence-electron chi connectivity index (χ3n) is 5.09. The van der Waals surface area contributed by atoms with Gasteiger partial charge in [0.05, 0.1) is 12.6 Å². The zero-order chi connectivity index (χ0) is 22.4. The SMILES string of the molecule is Cc1cnn(CCc2ccc(Cl)cc2)c(=O)c1CC(=O)NCc1cc(Cl)ccc1CN. The summed E-state index contributed by atoms with van der Waals surface area (Å²) in [5.41, 5.74) is 9.44. The van der Waals surface area contributed by atoms with E-state index in [2.05, 4.69) is 10.4 Å². The van der Waals surface area contributed by atoms with Gasteiger partial charge in [0, 0.05) is 35.2 Å². The number of benzene rings is 2. The van der Waals surface area contributed by atoms with Crippen LogP contribution in [0.25, 0.3) is 0 Å². The van der Waals surface area contributed by atoms with Crippen molar-refractivity contribution in [1.29, 1.82) is 0 Å².